The lowest BCUT2D eigenvalue weighted by atomic mass is 9.62. The van der Waals surface area contributed by atoms with Crippen LogP contribution in [0.2, 0.25) is 0 Å². The van der Waals surface area contributed by atoms with Crippen LogP contribution in [0.15, 0.2) is 77.3 Å². The predicted octanol–water partition coefficient (Wildman–Crippen LogP) is 6.69. The average Bonchev–Trinajstić information content (AvgIpc) is 3.60. The number of fused-ring (bicyclic) bond motifs is 1. The van der Waals surface area contributed by atoms with Crippen LogP contribution < -0.4 is 10.1 Å². The van der Waals surface area contributed by atoms with Crippen molar-refractivity contribution in [3.63, 3.8) is 0 Å². The fourth-order valence-electron chi connectivity index (χ4n) is 6.99. The van der Waals surface area contributed by atoms with Crippen molar-refractivity contribution in [1.82, 2.24) is 10.3 Å². The summed E-state index contributed by atoms with van der Waals surface area (Å²) in [7, 11) is 1.66. The van der Waals surface area contributed by atoms with Crippen LogP contribution in [0.4, 0.5) is 0 Å². The maximum atomic E-state index is 14.2. The van der Waals surface area contributed by atoms with Crippen LogP contribution in [0.3, 0.4) is 0 Å². The largest absolute Gasteiger partial charge is 0.496 e. The number of carbonyl (C=O) groups excluding carboxylic acids is 2. The SMILES string of the molecule is COc1ccccc1[C@H]1CC(=O)C2=C(C1)NC(C)=C(C(=O)OC1CCCC1)[C@]2(C)c1cccc2[nH]ccc12.[HH].[HH]. The van der Waals surface area contributed by atoms with Crippen molar-refractivity contribution in [3.8, 4) is 5.75 Å². The first-order valence-corrected chi connectivity index (χ1v) is 13.6. The normalized spacial score (nSPS) is 24.0. The number of allylic oxidation sites excluding steroid dienone is 3. The van der Waals surface area contributed by atoms with Crippen molar-refractivity contribution in [3.05, 3.63) is 88.4 Å². The van der Waals surface area contributed by atoms with Gasteiger partial charge in [-0.15, -0.1) is 0 Å². The number of dihydropyridines is 1. The Morgan fingerprint density at radius 3 is 2.63 bits per heavy atom. The second kappa shape index (κ2) is 9.50. The number of ketones is 1. The lowest BCUT2D eigenvalue weighted by Crippen LogP contribution is -2.46. The molecule has 0 saturated heterocycles. The summed E-state index contributed by atoms with van der Waals surface area (Å²) in [5.41, 5.74) is 4.80. The standard InChI is InChI=1S/C32H34N2O4.2H2/c1-19-29(31(36)38-21-9-4-5-10-21)32(2,24-12-8-13-25-23(24)15-16-33-25)30-26(34-19)17-20(18-27(30)35)22-11-6-7-14-28(22)37-3;;/h6-8,11-16,20-21,33-34H,4-5,9-10,17-18H2,1-3H3;2*1H/t20-,32+;;/m1../s1. The fraction of sp³-hybridized carbons (Fsp3) is 0.375. The van der Waals surface area contributed by atoms with E-state index >= 15 is 0 Å². The summed E-state index contributed by atoms with van der Waals surface area (Å²) >= 11 is 0. The number of benzene rings is 2. The number of rotatable bonds is 5. The third-order valence-electron chi connectivity index (χ3n) is 8.67. The molecule has 0 radical (unpaired) electrons. The van der Waals surface area contributed by atoms with E-state index in [-0.39, 0.29) is 26.6 Å². The zero-order valence-corrected chi connectivity index (χ0v) is 22.2. The number of ether oxygens (including phenoxy) is 2. The third-order valence-corrected chi connectivity index (χ3v) is 8.67. The molecule has 1 aliphatic heterocycles. The van der Waals surface area contributed by atoms with E-state index in [0.29, 0.717) is 24.0 Å². The number of esters is 1. The van der Waals surface area contributed by atoms with E-state index in [0.717, 1.165) is 64.9 Å². The second-order valence-corrected chi connectivity index (χ2v) is 10.9. The number of para-hydroxylation sites is 1. The molecule has 1 aromatic heterocycles. The van der Waals surface area contributed by atoms with Gasteiger partial charge in [0.25, 0.3) is 0 Å². The van der Waals surface area contributed by atoms with E-state index < -0.39 is 5.41 Å². The van der Waals surface area contributed by atoms with Crippen molar-refractivity contribution >= 4 is 22.7 Å². The summed E-state index contributed by atoms with van der Waals surface area (Å²) in [6.45, 7) is 3.96. The van der Waals surface area contributed by atoms with Gasteiger partial charge in [-0.05, 0) is 75.3 Å². The molecule has 200 valence electrons. The lowest BCUT2D eigenvalue weighted by Gasteiger charge is -2.43. The van der Waals surface area contributed by atoms with Crippen molar-refractivity contribution in [1.29, 1.82) is 0 Å². The predicted molar refractivity (Wildman–Crippen MR) is 151 cm³/mol. The van der Waals surface area contributed by atoms with Crippen LogP contribution in [0, 0.1) is 0 Å². The van der Waals surface area contributed by atoms with Crippen molar-refractivity contribution in [2.45, 2.75) is 69.8 Å². The van der Waals surface area contributed by atoms with Gasteiger partial charge in [0.15, 0.2) is 5.78 Å². The van der Waals surface area contributed by atoms with Gasteiger partial charge >= 0.3 is 5.97 Å². The minimum absolute atomic E-state index is 0. The second-order valence-electron chi connectivity index (χ2n) is 10.9. The van der Waals surface area contributed by atoms with E-state index in [9.17, 15) is 9.59 Å². The van der Waals surface area contributed by atoms with Crippen LogP contribution in [0.5, 0.6) is 5.75 Å². The highest BCUT2D eigenvalue weighted by Gasteiger charge is 2.50. The number of carbonyl (C=O) groups is 2. The highest BCUT2D eigenvalue weighted by Crippen LogP contribution is 2.51. The molecule has 3 aliphatic rings. The topological polar surface area (TPSA) is 80.4 Å². The Morgan fingerprint density at radius 1 is 1.05 bits per heavy atom. The maximum Gasteiger partial charge on any atom is 0.337 e. The number of hydrogen-bond acceptors (Lipinski definition) is 5. The monoisotopic (exact) mass is 514 g/mol. The lowest BCUT2D eigenvalue weighted by molar-refractivity contribution is -0.144. The Hall–Kier alpha value is -3.80. The van der Waals surface area contributed by atoms with Gasteiger partial charge < -0.3 is 19.8 Å². The van der Waals surface area contributed by atoms with Gasteiger partial charge in [0.2, 0.25) is 0 Å². The molecule has 0 bridgehead atoms. The molecule has 3 aromatic rings. The van der Waals surface area contributed by atoms with E-state index in [2.05, 4.69) is 10.3 Å². The molecule has 0 amide bonds. The van der Waals surface area contributed by atoms with Crippen LogP contribution >= 0.6 is 0 Å². The summed E-state index contributed by atoms with van der Waals surface area (Å²) in [6, 6.07) is 16.0. The fourth-order valence-corrected chi connectivity index (χ4v) is 6.99. The molecule has 2 atom stereocenters. The minimum Gasteiger partial charge on any atom is -0.496 e. The van der Waals surface area contributed by atoms with Gasteiger partial charge in [-0.1, -0.05) is 30.3 Å². The molecule has 0 unspecified atom stereocenters. The first-order chi connectivity index (χ1) is 18.4. The number of methoxy groups -OCH3 is 1. The molecule has 2 aliphatic carbocycles. The van der Waals surface area contributed by atoms with Crippen LogP contribution in [0.25, 0.3) is 10.9 Å². The number of hydrogen-bond donors (Lipinski definition) is 2. The van der Waals surface area contributed by atoms with Crippen LogP contribution in [-0.2, 0) is 19.7 Å². The molecule has 6 heteroatoms. The zero-order chi connectivity index (χ0) is 26.4. The Bertz CT molecular complexity index is 1500. The number of nitrogens with one attached hydrogen (secondary N) is 2. The molecule has 2 heterocycles. The third kappa shape index (κ3) is 3.85. The number of Topliss-reactive ketones (excluding diaryl/α,β-unsaturated/α-hetero) is 1. The van der Waals surface area contributed by atoms with Crippen LogP contribution in [0.1, 0.15) is 72.3 Å². The van der Waals surface area contributed by atoms with Gasteiger partial charge in [0.1, 0.15) is 11.9 Å². The molecule has 6 nitrogen and oxygen atoms in total. The van der Waals surface area contributed by atoms with E-state index in [1.807, 2.05) is 68.6 Å². The molecular weight excluding hydrogens is 476 g/mol. The van der Waals surface area contributed by atoms with Gasteiger partial charge in [-0.3, -0.25) is 4.79 Å². The summed E-state index contributed by atoms with van der Waals surface area (Å²) in [5.74, 6) is 0.488. The molecule has 6 rings (SSSR count). The Morgan fingerprint density at radius 2 is 1.84 bits per heavy atom. The highest BCUT2D eigenvalue weighted by atomic mass is 16.5. The summed E-state index contributed by atoms with van der Waals surface area (Å²) in [6.07, 6.45) is 6.78. The summed E-state index contributed by atoms with van der Waals surface area (Å²) < 4.78 is 11.7. The number of H-pyrrole nitrogens is 1. The maximum absolute atomic E-state index is 14.2. The molecule has 2 N–H and O–H groups in total. The minimum atomic E-state index is -0.953. The Labute approximate surface area is 226 Å². The van der Waals surface area contributed by atoms with Crippen molar-refractivity contribution in [2.24, 2.45) is 0 Å². The Kier molecular flexibility index (Phi) is 6.13. The molecule has 38 heavy (non-hydrogen) atoms. The molecule has 1 fully saturated rings. The first kappa shape index (κ1) is 24.5. The van der Waals surface area contributed by atoms with E-state index in [1.54, 1.807) is 7.11 Å². The van der Waals surface area contributed by atoms with Gasteiger partial charge in [-0.2, -0.15) is 0 Å². The molecule has 0 spiro atoms. The smallest absolute Gasteiger partial charge is 0.337 e. The molecular formula is C32H38N2O4. The quantitative estimate of drug-likeness (QED) is 0.371. The number of aromatic nitrogens is 1. The number of aromatic amines is 1. The summed E-state index contributed by atoms with van der Waals surface area (Å²) in [5, 5.41) is 4.50. The highest BCUT2D eigenvalue weighted by molar-refractivity contribution is 6.07. The first-order valence-electron chi connectivity index (χ1n) is 13.6. The van der Waals surface area contributed by atoms with Gasteiger partial charge in [0, 0.05) is 49.3 Å². The summed E-state index contributed by atoms with van der Waals surface area (Å²) in [4.78, 5) is 31.4. The van der Waals surface area contributed by atoms with Crippen LogP contribution in [-0.4, -0.2) is 30.0 Å². The van der Waals surface area contributed by atoms with Crippen molar-refractivity contribution < 1.29 is 21.9 Å². The molecule has 2 aromatic carbocycles. The molecule has 1 saturated carbocycles. The average molecular weight is 515 g/mol. The van der Waals surface area contributed by atoms with Crippen molar-refractivity contribution in [2.75, 3.05) is 7.11 Å². The van der Waals surface area contributed by atoms with E-state index in [4.69, 9.17) is 9.47 Å². The van der Waals surface area contributed by atoms with Gasteiger partial charge in [-0.25, -0.2) is 4.79 Å². The Balaban J connectivity index is 0.00000185. The zero-order valence-electron chi connectivity index (χ0n) is 22.2. The van der Waals surface area contributed by atoms with E-state index in [1.165, 1.54) is 0 Å². The van der Waals surface area contributed by atoms with Gasteiger partial charge in [0.05, 0.1) is 18.1 Å².